The molecule has 0 aromatic heterocycles. The molecule has 1 saturated carbocycles. The molecule has 1 aromatic rings. The molecule has 24 heavy (non-hydrogen) atoms. The summed E-state index contributed by atoms with van der Waals surface area (Å²) in [5.41, 5.74) is 0.669. The van der Waals surface area contributed by atoms with E-state index in [2.05, 4.69) is 16.7 Å². The molecule has 0 bridgehead atoms. The molecule has 0 unspecified atom stereocenters. The number of hydrogen-bond acceptors (Lipinski definition) is 2. The topological polar surface area (TPSA) is 23.6 Å². The van der Waals surface area contributed by atoms with Gasteiger partial charge >= 0.3 is 0 Å². The van der Waals surface area contributed by atoms with Crippen LogP contribution in [0.3, 0.4) is 0 Å². The van der Waals surface area contributed by atoms with Crippen LogP contribution >= 0.6 is 0 Å². The van der Waals surface area contributed by atoms with Crippen LogP contribution in [-0.2, 0) is 4.79 Å². The van der Waals surface area contributed by atoms with E-state index in [0.29, 0.717) is 17.6 Å². The summed E-state index contributed by atoms with van der Waals surface area (Å²) in [4.78, 5) is 17.2. The fourth-order valence-electron chi connectivity index (χ4n) is 4.30. The molecule has 1 saturated heterocycles. The molecular formula is C20H29FN2O. The third-order valence-electron chi connectivity index (χ3n) is 5.68. The molecule has 0 atom stereocenters. The Morgan fingerprint density at radius 3 is 2.42 bits per heavy atom. The van der Waals surface area contributed by atoms with Gasteiger partial charge in [0.15, 0.2) is 0 Å². The summed E-state index contributed by atoms with van der Waals surface area (Å²) in [5.74, 6) is 0.271. The Morgan fingerprint density at radius 2 is 1.79 bits per heavy atom. The van der Waals surface area contributed by atoms with E-state index in [1.54, 1.807) is 6.07 Å². The first-order valence-electron chi connectivity index (χ1n) is 9.50. The van der Waals surface area contributed by atoms with Crippen molar-refractivity contribution in [2.24, 2.45) is 5.92 Å². The van der Waals surface area contributed by atoms with Crippen molar-refractivity contribution in [2.45, 2.75) is 57.9 Å². The van der Waals surface area contributed by atoms with E-state index in [9.17, 15) is 9.18 Å². The van der Waals surface area contributed by atoms with Gasteiger partial charge in [0.05, 0.1) is 5.69 Å². The Labute approximate surface area is 144 Å². The van der Waals surface area contributed by atoms with E-state index in [1.807, 2.05) is 12.1 Å². The number of carbonyl (C=O) groups excluding carboxylic acids is 1. The first-order chi connectivity index (χ1) is 11.7. The number of anilines is 1. The summed E-state index contributed by atoms with van der Waals surface area (Å²) < 4.78 is 13.9. The Bertz CT molecular complexity index is 548. The van der Waals surface area contributed by atoms with Crippen LogP contribution in [0.5, 0.6) is 0 Å². The van der Waals surface area contributed by atoms with Crippen LogP contribution in [0, 0.1) is 11.7 Å². The maximum atomic E-state index is 13.9. The van der Waals surface area contributed by atoms with Crippen LogP contribution in [-0.4, -0.2) is 36.5 Å². The predicted octanol–water partition coefficient (Wildman–Crippen LogP) is 4.22. The molecule has 2 aliphatic rings. The Hall–Kier alpha value is -1.58. The summed E-state index contributed by atoms with van der Waals surface area (Å²) in [6, 6.07) is 7.38. The number of hydrogen-bond donors (Lipinski definition) is 0. The van der Waals surface area contributed by atoms with Crippen molar-refractivity contribution in [3.63, 3.8) is 0 Å². The van der Waals surface area contributed by atoms with Gasteiger partial charge in [-0.25, -0.2) is 4.39 Å². The smallest absolute Gasteiger partial charge is 0.226 e. The second-order valence-electron chi connectivity index (χ2n) is 7.13. The van der Waals surface area contributed by atoms with Gasteiger partial charge in [0, 0.05) is 31.6 Å². The highest BCUT2D eigenvalue weighted by Crippen LogP contribution is 2.29. The van der Waals surface area contributed by atoms with Crippen LogP contribution in [0.15, 0.2) is 24.3 Å². The van der Waals surface area contributed by atoms with Gasteiger partial charge in [-0.2, -0.15) is 0 Å². The molecule has 1 aliphatic carbocycles. The maximum Gasteiger partial charge on any atom is 0.226 e. The van der Waals surface area contributed by atoms with E-state index in [0.717, 1.165) is 45.3 Å². The molecule has 3 nitrogen and oxygen atoms in total. The van der Waals surface area contributed by atoms with Crippen molar-refractivity contribution in [2.75, 3.05) is 24.5 Å². The molecule has 0 spiro atoms. The van der Waals surface area contributed by atoms with Gasteiger partial charge < -0.3 is 9.80 Å². The van der Waals surface area contributed by atoms with E-state index >= 15 is 0 Å². The van der Waals surface area contributed by atoms with Crippen LogP contribution in [0.25, 0.3) is 0 Å². The second kappa shape index (κ2) is 8.00. The number of nitrogens with zero attached hydrogens (tertiary/aromatic N) is 2. The van der Waals surface area contributed by atoms with Crippen LogP contribution < -0.4 is 4.90 Å². The zero-order valence-electron chi connectivity index (χ0n) is 14.7. The maximum absolute atomic E-state index is 13.9. The third-order valence-corrected chi connectivity index (χ3v) is 5.68. The Balaban J connectivity index is 1.59. The summed E-state index contributed by atoms with van der Waals surface area (Å²) in [7, 11) is 0. The molecule has 3 rings (SSSR count). The van der Waals surface area contributed by atoms with E-state index in [1.165, 1.54) is 25.3 Å². The number of halogens is 1. The van der Waals surface area contributed by atoms with Gasteiger partial charge in [0.1, 0.15) is 5.82 Å². The molecule has 0 radical (unpaired) electrons. The molecular weight excluding hydrogens is 303 g/mol. The highest BCUT2D eigenvalue weighted by atomic mass is 19.1. The zero-order chi connectivity index (χ0) is 16.9. The summed E-state index contributed by atoms with van der Waals surface area (Å²) >= 11 is 0. The number of carbonyl (C=O) groups is 1. The predicted molar refractivity (Wildman–Crippen MR) is 95.6 cm³/mol. The number of benzene rings is 1. The fraction of sp³-hybridized carbons (Fsp3) is 0.650. The van der Waals surface area contributed by atoms with Crippen molar-refractivity contribution in [3.8, 4) is 0 Å². The second-order valence-corrected chi connectivity index (χ2v) is 7.13. The number of amides is 1. The van der Waals surface area contributed by atoms with Gasteiger partial charge in [-0.15, -0.1) is 0 Å². The van der Waals surface area contributed by atoms with Gasteiger partial charge in [-0.3, -0.25) is 4.79 Å². The van der Waals surface area contributed by atoms with Crippen LogP contribution in [0.1, 0.15) is 51.9 Å². The van der Waals surface area contributed by atoms with E-state index in [4.69, 9.17) is 0 Å². The minimum atomic E-state index is -0.167. The standard InChI is InChI=1S/C20H29FN2O/c1-2-23(17-8-4-3-5-9-17)20(24)16-12-14-22(15-13-16)19-11-7-6-10-18(19)21/h6-7,10-11,16-17H,2-5,8-9,12-15H2,1H3. The van der Waals surface area contributed by atoms with Crippen molar-refractivity contribution in [1.29, 1.82) is 0 Å². The summed E-state index contributed by atoms with van der Waals surface area (Å²) in [6.45, 7) is 4.44. The van der Waals surface area contributed by atoms with Gasteiger partial charge in [-0.1, -0.05) is 31.4 Å². The van der Waals surface area contributed by atoms with E-state index in [-0.39, 0.29) is 11.7 Å². The SMILES string of the molecule is CCN(C(=O)C1CCN(c2ccccc2F)CC1)C1CCCCC1. The van der Waals surface area contributed by atoms with Crippen molar-refractivity contribution < 1.29 is 9.18 Å². The van der Waals surface area contributed by atoms with Crippen molar-refractivity contribution in [1.82, 2.24) is 4.90 Å². The lowest BCUT2D eigenvalue weighted by Gasteiger charge is -2.39. The van der Waals surface area contributed by atoms with Crippen molar-refractivity contribution >= 4 is 11.6 Å². The average molecular weight is 332 g/mol. The van der Waals surface area contributed by atoms with Gasteiger partial charge in [0.25, 0.3) is 0 Å². The van der Waals surface area contributed by atoms with Crippen LogP contribution in [0.2, 0.25) is 0 Å². The van der Waals surface area contributed by atoms with Gasteiger partial charge in [0.2, 0.25) is 5.91 Å². The van der Waals surface area contributed by atoms with E-state index < -0.39 is 0 Å². The normalized spacial score (nSPS) is 20.2. The quantitative estimate of drug-likeness (QED) is 0.824. The lowest BCUT2D eigenvalue weighted by molar-refractivity contribution is -0.139. The Morgan fingerprint density at radius 1 is 1.12 bits per heavy atom. The number of piperidine rings is 1. The highest BCUT2D eigenvalue weighted by molar-refractivity contribution is 5.79. The monoisotopic (exact) mass is 332 g/mol. The number of para-hydroxylation sites is 1. The Kier molecular flexibility index (Phi) is 5.75. The zero-order valence-corrected chi connectivity index (χ0v) is 14.7. The summed E-state index contributed by atoms with van der Waals surface area (Å²) in [5, 5.41) is 0. The first-order valence-corrected chi connectivity index (χ1v) is 9.50. The van der Waals surface area contributed by atoms with Crippen LogP contribution in [0.4, 0.5) is 10.1 Å². The molecule has 1 amide bonds. The largest absolute Gasteiger partial charge is 0.369 e. The minimum absolute atomic E-state index is 0.106. The molecule has 132 valence electrons. The molecule has 1 aromatic carbocycles. The molecule has 0 N–H and O–H groups in total. The molecule has 4 heteroatoms. The van der Waals surface area contributed by atoms with Gasteiger partial charge in [-0.05, 0) is 44.7 Å². The molecule has 1 aliphatic heterocycles. The fourth-order valence-corrected chi connectivity index (χ4v) is 4.30. The average Bonchev–Trinajstić information content (AvgIpc) is 2.64. The summed E-state index contributed by atoms with van der Waals surface area (Å²) in [6.07, 6.45) is 7.79. The molecule has 2 fully saturated rings. The molecule has 1 heterocycles. The highest BCUT2D eigenvalue weighted by Gasteiger charge is 2.32. The third kappa shape index (κ3) is 3.73. The minimum Gasteiger partial charge on any atom is -0.369 e. The lowest BCUT2D eigenvalue weighted by atomic mass is 9.90. The first kappa shape index (κ1) is 17.2. The number of rotatable bonds is 4. The van der Waals surface area contributed by atoms with Crippen molar-refractivity contribution in [3.05, 3.63) is 30.1 Å². The lowest BCUT2D eigenvalue weighted by Crippen LogP contribution is -2.47.